The number of aliphatic hydroxyl groups excluding tert-OH is 1. The van der Waals surface area contributed by atoms with E-state index in [0.717, 1.165) is 9.82 Å². The molecule has 1 aromatic carbocycles. The second-order valence-corrected chi connectivity index (χ2v) is 6.93. The highest BCUT2D eigenvalue weighted by atomic mass is 32.2. The van der Waals surface area contributed by atoms with E-state index in [1.54, 1.807) is 23.7 Å². The number of β-amino-alcohol motifs (C(OH)–C–C–N with tert-alkyl or cyclic N) is 1. The third-order valence-electron chi connectivity index (χ3n) is 3.66. The summed E-state index contributed by atoms with van der Waals surface area (Å²) in [5, 5.41) is 10.0. The van der Waals surface area contributed by atoms with Gasteiger partial charge < -0.3 is 9.67 Å². The van der Waals surface area contributed by atoms with Crippen LogP contribution in [-0.4, -0.2) is 47.8 Å². The molecule has 5 nitrogen and oxygen atoms in total. The smallest absolute Gasteiger partial charge is 0.245 e. The fourth-order valence-electron chi connectivity index (χ4n) is 2.56. The SMILES string of the molecule is Cn1cc(S(=O)(=O)N2CC(O)[C@H](F)C2)c2ccccc21. The van der Waals surface area contributed by atoms with Gasteiger partial charge in [-0.3, -0.25) is 0 Å². The van der Waals surface area contributed by atoms with Crippen molar-refractivity contribution in [3.63, 3.8) is 0 Å². The molecule has 1 saturated heterocycles. The van der Waals surface area contributed by atoms with Crippen molar-refractivity contribution >= 4 is 20.9 Å². The van der Waals surface area contributed by atoms with Crippen molar-refractivity contribution in [2.24, 2.45) is 7.05 Å². The van der Waals surface area contributed by atoms with Gasteiger partial charge in [-0.2, -0.15) is 4.31 Å². The van der Waals surface area contributed by atoms with E-state index in [0.29, 0.717) is 5.39 Å². The highest BCUT2D eigenvalue weighted by Crippen LogP contribution is 2.29. The summed E-state index contributed by atoms with van der Waals surface area (Å²) >= 11 is 0. The maximum Gasteiger partial charge on any atom is 0.245 e. The Balaban J connectivity index is 2.11. The molecule has 7 heteroatoms. The zero-order valence-electron chi connectivity index (χ0n) is 10.9. The third kappa shape index (κ3) is 1.93. The first-order valence-electron chi connectivity index (χ1n) is 6.27. The van der Waals surface area contributed by atoms with E-state index >= 15 is 0 Å². The van der Waals surface area contributed by atoms with Crippen molar-refractivity contribution in [2.75, 3.05) is 13.1 Å². The standard InChI is InChI=1S/C13H15FN2O3S/c1-15-8-13(9-4-2-3-5-11(9)15)20(18,19)16-6-10(14)12(17)7-16/h2-5,8,10,12,17H,6-7H2,1H3/t10-,12?/m1/s1. The van der Waals surface area contributed by atoms with E-state index in [-0.39, 0.29) is 18.0 Å². The Morgan fingerprint density at radius 2 is 2.00 bits per heavy atom. The fourth-order valence-corrected chi connectivity index (χ4v) is 4.27. The number of nitrogens with zero attached hydrogens (tertiary/aromatic N) is 2. The number of aliphatic hydroxyl groups is 1. The van der Waals surface area contributed by atoms with E-state index in [1.807, 2.05) is 12.1 Å². The molecule has 20 heavy (non-hydrogen) atoms. The molecule has 0 spiro atoms. The van der Waals surface area contributed by atoms with Crippen LogP contribution in [-0.2, 0) is 17.1 Å². The molecule has 1 unspecified atom stereocenters. The second-order valence-electron chi connectivity index (χ2n) is 5.03. The average molecular weight is 298 g/mol. The molecule has 1 aromatic heterocycles. The van der Waals surface area contributed by atoms with Gasteiger partial charge in [-0.25, -0.2) is 12.8 Å². The average Bonchev–Trinajstić information content (AvgIpc) is 2.93. The van der Waals surface area contributed by atoms with Crippen LogP contribution in [0.4, 0.5) is 4.39 Å². The van der Waals surface area contributed by atoms with Gasteiger partial charge in [0.25, 0.3) is 0 Å². The van der Waals surface area contributed by atoms with Gasteiger partial charge in [0.05, 0.1) is 0 Å². The van der Waals surface area contributed by atoms with Gasteiger partial charge in [0.15, 0.2) is 0 Å². The molecule has 0 aliphatic carbocycles. The fraction of sp³-hybridized carbons (Fsp3) is 0.385. The lowest BCUT2D eigenvalue weighted by Crippen LogP contribution is -2.29. The zero-order valence-corrected chi connectivity index (χ0v) is 11.7. The number of fused-ring (bicyclic) bond motifs is 1. The largest absolute Gasteiger partial charge is 0.389 e. The lowest BCUT2D eigenvalue weighted by Gasteiger charge is -2.14. The number of sulfonamides is 1. The van der Waals surface area contributed by atoms with Gasteiger partial charge in [-0.05, 0) is 6.07 Å². The van der Waals surface area contributed by atoms with Crippen LogP contribution in [0.2, 0.25) is 0 Å². The van der Waals surface area contributed by atoms with E-state index in [1.165, 1.54) is 6.20 Å². The minimum atomic E-state index is -3.80. The van der Waals surface area contributed by atoms with Crippen LogP contribution < -0.4 is 0 Å². The van der Waals surface area contributed by atoms with Crippen molar-refractivity contribution in [2.45, 2.75) is 17.2 Å². The maximum absolute atomic E-state index is 13.4. The summed E-state index contributed by atoms with van der Waals surface area (Å²) in [5.41, 5.74) is 0.794. The molecule has 108 valence electrons. The Labute approximate surface area is 116 Å². The van der Waals surface area contributed by atoms with E-state index in [2.05, 4.69) is 0 Å². The number of para-hydroxylation sites is 1. The number of halogens is 1. The summed E-state index contributed by atoms with van der Waals surface area (Å²) in [6.07, 6.45) is -1.25. The Morgan fingerprint density at radius 3 is 2.65 bits per heavy atom. The monoisotopic (exact) mass is 298 g/mol. The van der Waals surface area contributed by atoms with Gasteiger partial charge in [0, 0.05) is 37.2 Å². The van der Waals surface area contributed by atoms with Crippen LogP contribution in [0.25, 0.3) is 10.9 Å². The van der Waals surface area contributed by atoms with Crippen LogP contribution in [0.1, 0.15) is 0 Å². The number of aryl methyl sites for hydroxylation is 1. The van der Waals surface area contributed by atoms with E-state index < -0.39 is 22.3 Å². The Hall–Kier alpha value is -1.44. The minimum Gasteiger partial charge on any atom is -0.389 e. The molecule has 0 saturated carbocycles. The second kappa shape index (κ2) is 4.54. The molecule has 3 rings (SSSR count). The predicted octanol–water partition coefficient (Wildman–Crippen LogP) is 0.882. The molecular formula is C13H15FN2O3S. The summed E-state index contributed by atoms with van der Waals surface area (Å²) in [4.78, 5) is 0.150. The topological polar surface area (TPSA) is 62.5 Å². The summed E-state index contributed by atoms with van der Waals surface area (Å²) in [6, 6.07) is 7.14. The van der Waals surface area contributed by atoms with Crippen LogP contribution in [0, 0.1) is 0 Å². The van der Waals surface area contributed by atoms with Gasteiger partial charge in [-0.15, -0.1) is 0 Å². The van der Waals surface area contributed by atoms with Gasteiger partial charge in [0.1, 0.15) is 17.2 Å². The molecule has 0 amide bonds. The summed E-state index contributed by atoms with van der Waals surface area (Å²) in [7, 11) is -2.04. The number of rotatable bonds is 2. The lowest BCUT2D eigenvalue weighted by atomic mass is 10.2. The van der Waals surface area contributed by atoms with Crippen LogP contribution in [0.5, 0.6) is 0 Å². The van der Waals surface area contributed by atoms with Crippen molar-refractivity contribution in [1.29, 1.82) is 0 Å². The number of aromatic nitrogens is 1. The Kier molecular flexibility index (Phi) is 3.07. The number of benzene rings is 1. The molecule has 1 fully saturated rings. The van der Waals surface area contributed by atoms with Gasteiger partial charge in [0.2, 0.25) is 10.0 Å². The first-order chi connectivity index (χ1) is 9.41. The third-order valence-corrected chi connectivity index (χ3v) is 5.52. The Bertz CT molecular complexity index is 746. The quantitative estimate of drug-likeness (QED) is 0.895. The molecule has 1 N–H and O–H groups in total. The minimum absolute atomic E-state index is 0.150. The van der Waals surface area contributed by atoms with Crippen molar-refractivity contribution < 1.29 is 17.9 Å². The zero-order chi connectivity index (χ0) is 14.5. The highest BCUT2D eigenvalue weighted by Gasteiger charge is 2.39. The molecule has 2 atom stereocenters. The van der Waals surface area contributed by atoms with Gasteiger partial charge >= 0.3 is 0 Å². The maximum atomic E-state index is 13.4. The molecule has 2 heterocycles. The number of hydrogen-bond acceptors (Lipinski definition) is 3. The molecule has 2 aromatic rings. The van der Waals surface area contributed by atoms with E-state index in [9.17, 15) is 17.9 Å². The molecule has 0 radical (unpaired) electrons. The summed E-state index contributed by atoms with van der Waals surface area (Å²) in [6.45, 7) is -0.501. The first-order valence-corrected chi connectivity index (χ1v) is 7.71. The highest BCUT2D eigenvalue weighted by molar-refractivity contribution is 7.89. The predicted molar refractivity (Wildman–Crippen MR) is 72.6 cm³/mol. The number of hydrogen-bond donors (Lipinski definition) is 1. The summed E-state index contributed by atoms with van der Waals surface area (Å²) in [5.74, 6) is 0. The molecule has 1 aliphatic rings. The van der Waals surface area contributed by atoms with Crippen molar-refractivity contribution in [3.8, 4) is 0 Å². The van der Waals surface area contributed by atoms with Crippen LogP contribution in [0.3, 0.4) is 0 Å². The van der Waals surface area contributed by atoms with E-state index in [4.69, 9.17) is 0 Å². The molecular weight excluding hydrogens is 283 g/mol. The first kappa shape index (κ1) is 13.5. The van der Waals surface area contributed by atoms with Crippen molar-refractivity contribution in [3.05, 3.63) is 30.5 Å². The number of alkyl halides is 1. The van der Waals surface area contributed by atoms with Crippen LogP contribution in [0.15, 0.2) is 35.4 Å². The van der Waals surface area contributed by atoms with Crippen LogP contribution >= 0.6 is 0 Å². The Morgan fingerprint density at radius 1 is 1.30 bits per heavy atom. The molecule has 0 bridgehead atoms. The van der Waals surface area contributed by atoms with Gasteiger partial charge in [-0.1, -0.05) is 18.2 Å². The van der Waals surface area contributed by atoms with Crippen molar-refractivity contribution in [1.82, 2.24) is 8.87 Å². The summed E-state index contributed by atoms with van der Waals surface area (Å²) < 4.78 is 41.3. The normalized spacial score (nSPS) is 24.6. The lowest BCUT2D eigenvalue weighted by molar-refractivity contribution is 0.117. The molecule has 1 aliphatic heterocycles.